The second kappa shape index (κ2) is 6.50. The molecule has 0 bridgehead atoms. The smallest absolute Gasteiger partial charge is 0.181 e. The molecular weight excluding hydrogens is 267 g/mol. The summed E-state index contributed by atoms with van der Waals surface area (Å²) >= 11 is 10.6. The molecule has 0 saturated carbocycles. The third-order valence-corrected chi connectivity index (χ3v) is 4.05. The van der Waals surface area contributed by atoms with Crippen LogP contribution in [0, 0.1) is 0 Å². The number of benzene rings is 1. The van der Waals surface area contributed by atoms with Crippen molar-refractivity contribution in [2.45, 2.75) is 19.1 Å². The van der Waals surface area contributed by atoms with Crippen molar-refractivity contribution in [3.8, 4) is 0 Å². The summed E-state index contributed by atoms with van der Waals surface area (Å²) in [5.41, 5.74) is 0.646. The van der Waals surface area contributed by atoms with Gasteiger partial charge < -0.3 is 4.55 Å². The van der Waals surface area contributed by atoms with Gasteiger partial charge in [-0.3, -0.25) is 4.79 Å². The summed E-state index contributed by atoms with van der Waals surface area (Å²) in [4.78, 5) is 11.1. The fourth-order valence-corrected chi connectivity index (χ4v) is 3.15. The van der Waals surface area contributed by atoms with Gasteiger partial charge in [-0.2, -0.15) is 0 Å². The molecule has 88 valence electrons. The Balaban J connectivity index is 2.69. The van der Waals surface area contributed by atoms with Gasteiger partial charge >= 0.3 is 0 Å². The van der Waals surface area contributed by atoms with Crippen molar-refractivity contribution in [1.29, 1.82) is 0 Å². The Morgan fingerprint density at radius 3 is 2.44 bits per heavy atom. The lowest BCUT2D eigenvalue weighted by molar-refractivity contribution is -0.116. The van der Waals surface area contributed by atoms with E-state index in [4.69, 9.17) is 23.2 Å². The van der Waals surface area contributed by atoms with E-state index in [0.29, 0.717) is 22.0 Å². The molecule has 0 aromatic heterocycles. The highest BCUT2D eigenvalue weighted by atomic mass is 35.5. The second-order valence-electron chi connectivity index (χ2n) is 3.32. The zero-order valence-electron chi connectivity index (χ0n) is 8.83. The predicted octanol–water partition coefficient (Wildman–Crippen LogP) is 3.22. The van der Waals surface area contributed by atoms with E-state index in [0.717, 1.165) is 0 Å². The SMILES string of the molecule is CCC(=O)C[S+]([O-])Cc1c(Cl)cccc1Cl. The average Bonchev–Trinajstić information content (AvgIpc) is 2.23. The maximum absolute atomic E-state index is 11.7. The Morgan fingerprint density at radius 1 is 1.38 bits per heavy atom. The highest BCUT2D eigenvalue weighted by Crippen LogP contribution is 2.26. The summed E-state index contributed by atoms with van der Waals surface area (Å²) in [5, 5.41) is 0.981. The van der Waals surface area contributed by atoms with Crippen LogP contribution in [0.1, 0.15) is 18.9 Å². The molecule has 1 atom stereocenters. The van der Waals surface area contributed by atoms with Gasteiger partial charge in [0.1, 0.15) is 5.75 Å². The monoisotopic (exact) mass is 278 g/mol. The van der Waals surface area contributed by atoms with E-state index >= 15 is 0 Å². The number of ketones is 1. The van der Waals surface area contributed by atoms with Crippen LogP contribution >= 0.6 is 23.2 Å². The van der Waals surface area contributed by atoms with Gasteiger partial charge in [-0.15, -0.1) is 0 Å². The van der Waals surface area contributed by atoms with E-state index in [1.54, 1.807) is 25.1 Å². The molecule has 0 N–H and O–H groups in total. The molecule has 16 heavy (non-hydrogen) atoms. The lowest BCUT2D eigenvalue weighted by Crippen LogP contribution is -2.17. The van der Waals surface area contributed by atoms with Crippen molar-refractivity contribution in [3.05, 3.63) is 33.8 Å². The Bertz CT molecular complexity index is 362. The van der Waals surface area contributed by atoms with Crippen molar-refractivity contribution in [2.24, 2.45) is 0 Å². The van der Waals surface area contributed by atoms with Crippen LogP contribution in [0.2, 0.25) is 10.0 Å². The molecule has 0 heterocycles. The highest BCUT2D eigenvalue weighted by Gasteiger charge is 2.16. The zero-order valence-corrected chi connectivity index (χ0v) is 11.2. The number of carbonyl (C=O) groups is 1. The lowest BCUT2D eigenvalue weighted by Gasteiger charge is -2.11. The van der Waals surface area contributed by atoms with Crippen LogP contribution in [0.5, 0.6) is 0 Å². The minimum absolute atomic E-state index is 0.0125. The first-order valence-corrected chi connectivity index (χ1v) is 7.08. The van der Waals surface area contributed by atoms with Gasteiger partial charge in [0.05, 0.1) is 0 Å². The van der Waals surface area contributed by atoms with Crippen LogP contribution in [-0.2, 0) is 21.7 Å². The van der Waals surface area contributed by atoms with Gasteiger partial charge in [0, 0.05) is 22.0 Å². The minimum Gasteiger partial charge on any atom is -0.616 e. The molecule has 5 heteroatoms. The first kappa shape index (κ1) is 13.8. The molecule has 1 rings (SSSR count). The van der Waals surface area contributed by atoms with E-state index in [1.807, 2.05) is 0 Å². The van der Waals surface area contributed by atoms with Crippen molar-refractivity contribution in [1.82, 2.24) is 0 Å². The molecule has 0 amide bonds. The maximum atomic E-state index is 11.7. The Labute approximate surface area is 108 Å². The number of hydrogen-bond donors (Lipinski definition) is 0. The van der Waals surface area contributed by atoms with Crippen LogP contribution < -0.4 is 0 Å². The fraction of sp³-hybridized carbons (Fsp3) is 0.364. The molecule has 0 spiro atoms. The first-order valence-electron chi connectivity index (χ1n) is 4.84. The van der Waals surface area contributed by atoms with Crippen LogP contribution in [0.15, 0.2) is 18.2 Å². The van der Waals surface area contributed by atoms with Gasteiger partial charge in [0.2, 0.25) is 0 Å². The Hall–Kier alpha value is -0.220. The third kappa shape index (κ3) is 3.98. The van der Waals surface area contributed by atoms with Gasteiger partial charge in [-0.1, -0.05) is 36.2 Å². The molecule has 0 aliphatic rings. The average molecular weight is 279 g/mol. The molecule has 1 unspecified atom stereocenters. The van der Waals surface area contributed by atoms with Crippen molar-refractivity contribution >= 4 is 40.2 Å². The number of rotatable bonds is 5. The van der Waals surface area contributed by atoms with Gasteiger partial charge in [0.25, 0.3) is 0 Å². The summed E-state index contributed by atoms with van der Waals surface area (Å²) < 4.78 is 11.7. The quantitative estimate of drug-likeness (QED) is 0.776. The standard InChI is InChI=1S/C11H12Cl2O2S/c1-2-8(14)6-16(15)7-9-10(12)4-3-5-11(9)13/h3-5H,2,6-7H2,1H3. The molecule has 1 aromatic carbocycles. The molecule has 0 saturated heterocycles. The second-order valence-corrected chi connectivity index (χ2v) is 5.59. The van der Waals surface area contributed by atoms with Crippen LogP contribution in [0.3, 0.4) is 0 Å². The third-order valence-electron chi connectivity index (χ3n) is 2.08. The van der Waals surface area contributed by atoms with E-state index in [2.05, 4.69) is 0 Å². The van der Waals surface area contributed by atoms with E-state index < -0.39 is 11.2 Å². The van der Waals surface area contributed by atoms with E-state index in [9.17, 15) is 9.35 Å². The number of hydrogen-bond acceptors (Lipinski definition) is 2. The van der Waals surface area contributed by atoms with Crippen molar-refractivity contribution in [3.63, 3.8) is 0 Å². The molecular formula is C11H12Cl2O2S. The molecule has 0 fully saturated rings. The zero-order chi connectivity index (χ0) is 12.1. The summed E-state index contributed by atoms with van der Waals surface area (Å²) in [6.07, 6.45) is 0.405. The largest absolute Gasteiger partial charge is 0.616 e. The van der Waals surface area contributed by atoms with Gasteiger partial charge in [0.15, 0.2) is 11.5 Å². The fourth-order valence-electron chi connectivity index (χ4n) is 1.16. The molecule has 2 nitrogen and oxygen atoms in total. The minimum atomic E-state index is -1.24. The van der Waals surface area contributed by atoms with Crippen molar-refractivity contribution in [2.75, 3.05) is 5.75 Å². The number of carbonyl (C=O) groups excluding carboxylic acids is 1. The number of Topliss-reactive ketones (excluding diaryl/α,β-unsaturated/α-hetero) is 1. The first-order chi connectivity index (χ1) is 7.54. The highest BCUT2D eigenvalue weighted by molar-refractivity contribution is 7.91. The molecule has 0 radical (unpaired) electrons. The summed E-state index contributed by atoms with van der Waals surface area (Å²) in [6.45, 7) is 1.75. The normalized spacial score (nSPS) is 12.5. The predicted molar refractivity (Wildman–Crippen MR) is 68.5 cm³/mol. The van der Waals surface area contributed by atoms with Crippen LogP contribution in [-0.4, -0.2) is 16.1 Å². The van der Waals surface area contributed by atoms with Gasteiger partial charge in [-0.05, 0) is 23.3 Å². The summed E-state index contributed by atoms with van der Waals surface area (Å²) in [7, 11) is 0. The Morgan fingerprint density at radius 2 is 1.94 bits per heavy atom. The molecule has 1 aromatic rings. The van der Waals surface area contributed by atoms with E-state index in [1.165, 1.54) is 0 Å². The summed E-state index contributed by atoms with van der Waals surface area (Å²) in [6, 6.07) is 5.12. The summed E-state index contributed by atoms with van der Waals surface area (Å²) in [5.74, 6) is 0.281. The molecule has 0 aliphatic carbocycles. The van der Waals surface area contributed by atoms with Crippen LogP contribution in [0.25, 0.3) is 0 Å². The van der Waals surface area contributed by atoms with Crippen LogP contribution in [0.4, 0.5) is 0 Å². The Kier molecular flexibility index (Phi) is 5.62. The molecule has 0 aliphatic heterocycles. The number of halogens is 2. The van der Waals surface area contributed by atoms with Crippen molar-refractivity contribution < 1.29 is 9.35 Å². The van der Waals surface area contributed by atoms with Gasteiger partial charge in [-0.25, -0.2) is 0 Å². The maximum Gasteiger partial charge on any atom is 0.181 e. The lowest BCUT2D eigenvalue weighted by atomic mass is 10.2. The topological polar surface area (TPSA) is 40.1 Å². The van der Waals surface area contributed by atoms with E-state index in [-0.39, 0.29) is 17.3 Å².